The van der Waals surface area contributed by atoms with Gasteiger partial charge in [0.25, 0.3) is 0 Å². The van der Waals surface area contributed by atoms with E-state index in [0.29, 0.717) is 0 Å². The van der Waals surface area contributed by atoms with Crippen LogP contribution in [0.15, 0.2) is 0 Å². The standard InChI is InChI=1S/C10H20/c1-3-9(2)8-10-6-4-5-7-10/h9-10H,3-8H2,1-2H3. The molecule has 1 fully saturated rings. The van der Waals surface area contributed by atoms with Gasteiger partial charge >= 0.3 is 0 Å². The first-order chi connectivity index (χ1) is 4.83. The zero-order valence-corrected chi connectivity index (χ0v) is 7.40. The summed E-state index contributed by atoms with van der Waals surface area (Å²) in [4.78, 5) is 0. The van der Waals surface area contributed by atoms with Gasteiger partial charge in [0.15, 0.2) is 0 Å². The highest BCUT2D eigenvalue weighted by Gasteiger charge is 2.16. The van der Waals surface area contributed by atoms with Crippen LogP contribution in [0.1, 0.15) is 52.4 Å². The summed E-state index contributed by atoms with van der Waals surface area (Å²) >= 11 is 0. The van der Waals surface area contributed by atoms with Gasteiger partial charge in [0.2, 0.25) is 0 Å². The third-order valence-electron chi connectivity index (χ3n) is 2.91. The average molecular weight is 140 g/mol. The number of hydrogen-bond acceptors (Lipinski definition) is 0. The quantitative estimate of drug-likeness (QED) is 0.561. The summed E-state index contributed by atoms with van der Waals surface area (Å²) in [6.45, 7) is 4.69. The fourth-order valence-electron chi connectivity index (χ4n) is 1.98. The predicted octanol–water partition coefficient (Wildman–Crippen LogP) is 3.61. The van der Waals surface area contributed by atoms with Crippen LogP contribution in [0, 0.1) is 11.8 Å². The molecule has 1 aliphatic rings. The van der Waals surface area contributed by atoms with E-state index in [1.165, 1.54) is 38.5 Å². The minimum atomic E-state index is 0.975. The van der Waals surface area contributed by atoms with E-state index in [-0.39, 0.29) is 0 Å². The fraction of sp³-hybridized carbons (Fsp3) is 1.00. The minimum Gasteiger partial charge on any atom is -0.0651 e. The van der Waals surface area contributed by atoms with Gasteiger partial charge in [-0.25, -0.2) is 0 Å². The van der Waals surface area contributed by atoms with Gasteiger partial charge in [-0.3, -0.25) is 0 Å². The number of hydrogen-bond donors (Lipinski definition) is 0. The lowest BCUT2D eigenvalue weighted by atomic mass is 9.93. The number of rotatable bonds is 3. The summed E-state index contributed by atoms with van der Waals surface area (Å²) in [5, 5.41) is 0. The molecule has 0 saturated heterocycles. The molecule has 0 aromatic rings. The second kappa shape index (κ2) is 4.00. The molecule has 1 unspecified atom stereocenters. The van der Waals surface area contributed by atoms with E-state index in [1.54, 1.807) is 0 Å². The Bertz CT molecular complexity index is 80.0. The lowest BCUT2D eigenvalue weighted by Crippen LogP contribution is -2.00. The minimum absolute atomic E-state index is 0.975. The summed E-state index contributed by atoms with van der Waals surface area (Å²) in [6, 6.07) is 0. The smallest absolute Gasteiger partial charge is 0.0412 e. The molecule has 0 radical (unpaired) electrons. The van der Waals surface area contributed by atoms with Crippen molar-refractivity contribution in [2.24, 2.45) is 11.8 Å². The molecular weight excluding hydrogens is 120 g/mol. The molecule has 0 spiro atoms. The van der Waals surface area contributed by atoms with Crippen LogP contribution in [-0.4, -0.2) is 0 Å². The van der Waals surface area contributed by atoms with Gasteiger partial charge in [0.05, 0.1) is 0 Å². The van der Waals surface area contributed by atoms with Crippen LogP contribution in [0.2, 0.25) is 0 Å². The van der Waals surface area contributed by atoms with Crippen molar-refractivity contribution in [2.45, 2.75) is 52.4 Å². The van der Waals surface area contributed by atoms with Crippen LogP contribution in [-0.2, 0) is 0 Å². The van der Waals surface area contributed by atoms with E-state index < -0.39 is 0 Å². The van der Waals surface area contributed by atoms with Crippen LogP contribution in [0.25, 0.3) is 0 Å². The molecule has 0 heteroatoms. The van der Waals surface area contributed by atoms with Crippen LogP contribution in [0.3, 0.4) is 0 Å². The molecule has 0 N–H and O–H groups in total. The third-order valence-corrected chi connectivity index (χ3v) is 2.91. The zero-order valence-electron chi connectivity index (χ0n) is 7.40. The molecule has 1 saturated carbocycles. The molecule has 1 rings (SSSR count). The van der Waals surface area contributed by atoms with Crippen LogP contribution in [0.5, 0.6) is 0 Å². The van der Waals surface area contributed by atoms with Gasteiger partial charge in [0.1, 0.15) is 0 Å². The summed E-state index contributed by atoms with van der Waals surface area (Å²) < 4.78 is 0. The maximum atomic E-state index is 2.39. The molecule has 0 nitrogen and oxygen atoms in total. The highest BCUT2D eigenvalue weighted by Crippen LogP contribution is 2.30. The Balaban J connectivity index is 2.11. The van der Waals surface area contributed by atoms with E-state index in [4.69, 9.17) is 0 Å². The van der Waals surface area contributed by atoms with Gasteiger partial charge < -0.3 is 0 Å². The molecular formula is C10H20. The molecule has 10 heavy (non-hydrogen) atoms. The fourth-order valence-corrected chi connectivity index (χ4v) is 1.98. The summed E-state index contributed by atoms with van der Waals surface area (Å²) in [5.74, 6) is 2.07. The van der Waals surface area contributed by atoms with Crippen molar-refractivity contribution in [2.75, 3.05) is 0 Å². The van der Waals surface area contributed by atoms with Crippen molar-refractivity contribution in [1.82, 2.24) is 0 Å². The van der Waals surface area contributed by atoms with Gasteiger partial charge in [-0.2, -0.15) is 0 Å². The second-order valence-electron chi connectivity index (χ2n) is 3.90. The molecule has 0 bridgehead atoms. The Morgan fingerprint density at radius 1 is 1.30 bits per heavy atom. The van der Waals surface area contributed by atoms with Crippen LogP contribution >= 0.6 is 0 Å². The SMILES string of the molecule is CCC(C)CC1CCCC1. The van der Waals surface area contributed by atoms with Gasteiger partial charge in [0, 0.05) is 0 Å². The van der Waals surface area contributed by atoms with Gasteiger partial charge in [-0.15, -0.1) is 0 Å². The van der Waals surface area contributed by atoms with Crippen molar-refractivity contribution in [1.29, 1.82) is 0 Å². The molecule has 0 aromatic heterocycles. The van der Waals surface area contributed by atoms with Gasteiger partial charge in [-0.1, -0.05) is 46.0 Å². The highest BCUT2D eigenvalue weighted by atomic mass is 14.2. The largest absolute Gasteiger partial charge is 0.0651 e. The first kappa shape index (κ1) is 8.10. The lowest BCUT2D eigenvalue weighted by Gasteiger charge is -2.13. The molecule has 1 atom stereocenters. The molecule has 0 aromatic carbocycles. The molecule has 0 aliphatic heterocycles. The first-order valence-corrected chi connectivity index (χ1v) is 4.83. The second-order valence-corrected chi connectivity index (χ2v) is 3.90. The van der Waals surface area contributed by atoms with E-state index in [1.807, 2.05) is 0 Å². The Labute approximate surface area is 65.0 Å². The average Bonchev–Trinajstić information content (AvgIpc) is 2.40. The maximum absolute atomic E-state index is 2.39. The third kappa shape index (κ3) is 2.32. The van der Waals surface area contributed by atoms with E-state index in [0.717, 1.165) is 11.8 Å². The lowest BCUT2D eigenvalue weighted by molar-refractivity contribution is 0.390. The molecule has 0 amide bonds. The predicted molar refractivity (Wildman–Crippen MR) is 46.0 cm³/mol. The molecule has 60 valence electrons. The topological polar surface area (TPSA) is 0 Å². The Hall–Kier alpha value is 0. The Morgan fingerprint density at radius 2 is 1.90 bits per heavy atom. The van der Waals surface area contributed by atoms with E-state index in [9.17, 15) is 0 Å². The normalized spacial score (nSPS) is 23.4. The monoisotopic (exact) mass is 140 g/mol. The molecule has 0 heterocycles. The van der Waals surface area contributed by atoms with Crippen LogP contribution < -0.4 is 0 Å². The van der Waals surface area contributed by atoms with Crippen molar-refractivity contribution >= 4 is 0 Å². The van der Waals surface area contributed by atoms with Crippen LogP contribution in [0.4, 0.5) is 0 Å². The van der Waals surface area contributed by atoms with Crippen molar-refractivity contribution in [3.63, 3.8) is 0 Å². The first-order valence-electron chi connectivity index (χ1n) is 4.83. The zero-order chi connectivity index (χ0) is 7.40. The van der Waals surface area contributed by atoms with Crippen molar-refractivity contribution in [3.05, 3.63) is 0 Å². The van der Waals surface area contributed by atoms with Gasteiger partial charge in [-0.05, 0) is 18.3 Å². The van der Waals surface area contributed by atoms with E-state index >= 15 is 0 Å². The Morgan fingerprint density at radius 3 is 2.40 bits per heavy atom. The summed E-state index contributed by atoms with van der Waals surface area (Å²) in [6.07, 6.45) is 8.91. The summed E-state index contributed by atoms with van der Waals surface area (Å²) in [5.41, 5.74) is 0. The van der Waals surface area contributed by atoms with Crippen molar-refractivity contribution < 1.29 is 0 Å². The Kier molecular flexibility index (Phi) is 3.24. The summed E-state index contributed by atoms with van der Waals surface area (Å²) in [7, 11) is 0. The maximum Gasteiger partial charge on any atom is -0.0412 e. The highest BCUT2D eigenvalue weighted by molar-refractivity contribution is 4.69. The molecule has 1 aliphatic carbocycles. The van der Waals surface area contributed by atoms with Crippen molar-refractivity contribution in [3.8, 4) is 0 Å². The van der Waals surface area contributed by atoms with E-state index in [2.05, 4.69) is 13.8 Å².